The van der Waals surface area contributed by atoms with Crippen LogP contribution in [0.5, 0.6) is 11.5 Å². The quantitative estimate of drug-likeness (QED) is 0.759. The molecule has 4 rings (SSSR count). The molecule has 134 valence electrons. The highest BCUT2D eigenvalue weighted by Crippen LogP contribution is 2.37. The minimum atomic E-state index is -3.81. The van der Waals surface area contributed by atoms with Crippen molar-refractivity contribution in [1.82, 2.24) is 4.31 Å². The summed E-state index contributed by atoms with van der Waals surface area (Å²) in [7, 11) is -3.81. The van der Waals surface area contributed by atoms with Gasteiger partial charge in [-0.1, -0.05) is 18.2 Å². The lowest BCUT2D eigenvalue weighted by Gasteiger charge is -2.34. The Morgan fingerprint density at radius 1 is 1.08 bits per heavy atom. The van der Waals surface area contributed by atoms with Crippen molar-refractivity contribution in [2.75, 3.05) is 6.79 Å². The van der Waals surface area contributed by atoms with Crippen LogP contribution in [0.25, 0.3) is 6.08 Å². The van der Waals surface area contributed by atoms with E-state index in [1.807, 2.05) is 0 Å². The average molecular weight is 371 g/mol. The van der Waals surface area contributed by atoms with Gasteiger partial charge in [0.25, 0.3) is 10.0 Å². The van der Waals surface area contributed by atoms with Gasteiger partial charge >= 0.3 is 0 Å². The lowest BCUT2D eigenvalue weighted by molar-refractivity contribution is 0.0996. The summed E-state index contributed by atoms with van der Waals surface area (Å²) in [6, 6.07) is 11.1. The summed E-state index contributed by atoms with van der Waals surface area (Å²) in [6.07, 6.45) is 1.58. The summed E-state index contributed by atoms with van der Waals surface area (Å²) in [6.45, 7) is 3.63. The zero-order valence-electron chi connectivity index (χ0n) is 14.3. The first-order valence-corrected chi connectivity index (χ1v) is 9.63. The summed E-state index contributed by atoms with van der Waals surface area (Å²) < 4.78 is 38.0. The summed E-state index contributed by atoms with van der Waals surface area (Å²) >= 11 is 0. The Kier molecular flexibility index (Phi) is 3.77. The number of hydrogen-bond donors (Lipinski definition) is 0. The highest BCUT2D eigenvalue weighted by atomic mass is 32.2. The van der Waals surface area contributed by atoms with E-state index in [1.54, 1.807) is 56.3 Å². The van der Waals surface area contributed by atoms with E-state index in [0.717, 1.165) is 0 Å². The molecule has 0 aliphatic carbocycles. The largest absolute Gasteiger partial charge is 0.454 e. The van der Waals surface area contributed by atoms with Crippen molar-refractivity contribution in [2.24, 2.45) is 0 Å². The van der Waals surface area contributed by atoms with Crippen molar-refractivity contribution < 1.29 is 22.7 Å². The molecule has 7 heteroatoms. The van der Waals surface area contributed by atoms with E-state index in [2.05, 4.69) is 0 Å². The molecule has 0 atom stereocenters. The molecule has 2 aromatic carbocycles. The van der Waals surface area contributed by atoms with Gasteiger partial charge in [-0.15, -0.1) is 0 Å². The molecule has 2 aromatic rings. The molecule has 2 aliphatic heterocycles. The predicted octanol–water partition coefficient (Wildman–Crippen LogP) is 3.05. The van der Waals surface area contributed by atoms with E-state index in [4.69, 9.17) is 9.47 Å². The van der Waals surface area contributed by atoms with Crippen molar-refractivity contribution in [3.05, 3.63) is 59.3 Å². The van der Waals surface area contributed by atoms with Crippen LogP contribution in [-0.2, 0) is 10.0 Å². The number of benzene rings is 2. The third-order valence-corrected chi connectivity index (χ3v) is 6.36. The smallest absolute Gasteiger partial charge is 0.265 e. The second-order valence-electron chi connectivity index (χ2n) is 6.36. The molecule has 0 radical (unpaired) electrons. The minimum Gasteiger partial charge on any atom is -0.454 e. The van der Waals surface area contributed by atoms with E-state index in [1.165, 1.54) is 10.4 Å². The van der Waals surface area contributed by atoms with Crippen LogP contribution < -0.4 is 9.47 Å². The number of carbonyl (C=O) groups excluding carboxylic acids is 1. The van der Waals surface area contributed by atoms with Crippen LogP contribution >= 0.6 is 0 Å². The molecule has 6 nitrogen and oxygen atoms in total. The van der Waals surface area contributed by atoms with Crippen molar-refractivity contribution in [2.45, 2.75) is 24.8 Å². The molecule has 0 bridgehead atoms. The Morgan fingerprint density at radius 2 is 1.81 bits per heavy atom. The Hall–Kier alpha value is -2.80. The third-order valence-electron chi connectivity index (χ3n) is 4.31. The molecule has 0 spiro atoms. The predicted molar refractivity (Wildman–Crippen MR) is 95.5 cm³/mol. The Labute approximate surface area is 151 Å². The highest BCUT2D eigenvalue weighted by Gasteiger charge is 2.40. The SMILES string of the molecule is CC(C)N1/C(=C/c2ccc3c(c2)OCO3)C(=O)c2ccccc2S1(=O)=O. The van der Waals surface area contributed by atoms with Crippen LogP contribution in [0.2, 0.25) is 0 Å². The fraction of sp³-hybridized carbons (Fsp3) is 0.211. The van der Waals surface area contributed by atoms with Crippen LogP contribution in [0, 0.1) is 0 Å². The number of ketones is 1. The number of hydrogen-bond acceptors (Lipinski definition) is 5. The molecule has 0 saturated carbocycles. The van der Waals surface area contributed by atoms with Gasteiger partial charge in [-0.05, 0) is 49.8 Å². The van der Waals surface area contributed by atoms with Gasteiger partial charge in [-0.3, -0.25) is 9.10 Å². The Morgan fingerprint density at radius 3 is 2.58 bits per heavy atom. The van der Waals surface area contributed by atoms with Gasteiger partial charge in [0, 0.05) is 11.6 Å². The van der Waals surface area contributed by atoms with Gasteiger partial charge in [0.1, 0.15) is 5.70 Å². The van der Waals surface area contributed by atoms with Crippen molar-refractivity contribution in [1.29, 1.82) is 0 Å². The molecule has 0 fully saturated rings. The summed E-state index contributed by atoms with van der Waals surface area (Å²) in [5.74, 6) is 0.879. The molecule has 0 N–H and O–H groups in total. The molecule has 26 heavy (non-hydrogen) atoms. The monoisotopic (exact) mass is 371 g/mol. The number of sulfonamides is 1. The van der Waals surface area contributed by atoms with Crippen LogP contribution in [-0.4, -0.2) is 31.3 Å². The molecular weight excluding hydrogens is 354 g/mol. The highest BCUT2D eigenvalue weighted by molar-refractivity contribution is 7.89. The third kappa shape index (κ3) is 2.47. The number of ether oxygens (including phenoxy) is 2. The van der Waals surface area contributed by atoms with E-state index in [9.17, 15) is 13.2 Å². The maximum absolute atomic E-state index is 13.1. The van der Waals surface area contributed by atoms with Crippen molar-refractivity contribution in [3.8, 4) is 11.5 Å². The van der Waals surface area contributed by atoms with Crippen LogP contribution in [0.1, 0.15) is 29.8 Å². The first kappa shape index (κ1) is 16.7. The zero-order valence-corrected chi connectivity index (χ0v) is 15.1. The standard InChI is InChI=1S/C19H17NO5S/c1-12(2)20-15(9-13-7-8-16-17(10-13)25-11-24-16)19(21)14-5-3-4-6-18(14)26(20,22)23/h3-10,12H,11H2,1-2H3/b15-9+. The Bertz CT molecular complexity index is 1040. The fourth-order valence-corrected chi connectivity index (χ4v) is 5.05. The molecular formula is C19H17NO5S. The van der Waals surface area contributed by atoms with Gasteiger partial charge in [0.2, 0.25) is 12.6 Å². The van der Waals surface area contributed by atoms with E-state index < -0.39 is 16.1 Å². The maximum Gasteiger partial charge on any atom is 0.265 e. The first-order chi connectivity index (χ1) is 12.4. The second kappa shape index (κ2) is 5.88. The number of carbonyl (C=O) groups is 1. The van der Waals surface area contributed by atoms with Crippen LogP contribution in [0.4, 0.5) is 0 Å². The van der Waals surface area contributed by atoms with Crippen LogP contribution in [0.15, 0.2) is 53.1 Å². The van der Waals surface area contributed by atoms with Crippen LogP contribution in [0.3, 0.4) is 0 Å². The van der Waals surface area contributed by atoms with Gasteiger partial charge < -0.3 is 9.47 Å². The molecule has 2 heterocycles. The second-order valence-corrected chi connectivity index (χ2v) is 8.15. The summed E-state index contributed by atoms with van der Waals surface area (Å²) in [5, 5.41) is 0. The van der Waals surface area contributed by atoms with Gasteiger partial charge in [0.05, 0.1) is 4.90 Å². The van der Waals surface area contributed by atoms with E-state index in [0.29, 0.717) is 17.1 Å². The molecule has 0 saturated heterocycles. The average Bonchev–Trinajstić information content (AvgIpc) is 3.07. The molecule has 2 aliphatic rings. The van der Waals surface area contributed by atoms with Gasteiger partial charge in [0.15, 0.2) is 11.5 Å². The van der Waals surface area contributed by atoms with Gasteiger partial charge in [-0.25, -0.2) is 8.42 Å². The number of Topliss-reactive ketones (excluding diaryl/α,β-unsaturated/α-hetero) is 1. The van der Waals surface area contributed by atoms with Crippen molar-refractivity contribution in [3.63, 3.8) is 0 Å². The first-order valence-electron chi connectivity index (χ1n) is 8.19. The topological polar surface area (TPSA) is 72.9 Å². The zero-order chi connectivity index (χ0) is 18.5. The number of fused-ring (bicyclic) bond motifs is 2. The lowest BCUT2D eigenvalue weighted by atomic mass is 10.0. The minimum absolute atomic E-state index is 0.0431. The summed E-state index contributed by atoms with van der Waals surface area (Å²) in [5.41, 5.74) is 0.979. The number of nitrogens with zero attached hydrogens (tertiary/aromatic N) is 1. The number of allylic oxidation sites excluding steroid dienone is 1. The van der Waals surface area contributed by atoms with Crippen molar-refractivity contribution >= 4 is 21.9 Å². The molecule has 0 unspecified atom stereocenters. The fourth-order valence-electron chi connectivity index (χ4n) is 3.20. The Balaban J connectivity index is 1.90. The molecule has 0 amide bonds. The normalized spacial score (nSPS) is 19.1. The number of rotatable bonds is 2. The molecule has 0 aromatic heterocycles. The van der Waals surface area contributed by atoms with E-state index >= 15 is 0 Å². The van der Waals surface area contributed by atoms with Gasteiger partial charge in [-0.2, -0.15) is 0 Å². The summed E-state index contributed by atoms with van der Waals surface area (Å²) in [4.78, 5) is 13.1. The van der Waals surface area contributed by atoms with E-state index in [-0.39, 0.29) is 28.7 Å². The lowest BCUT2D eigenvalue weighted by Crippen LogP contribution is -2.43. The maximum atomic E-state index is 13.1.